The molecule has 0 aliphatic heterocycles. The van der Waals surface area contributed by atoms with Gasteiger partial charge in [0.1, 0.15) is 12.4 Å². The SMILES string of the molecule is C=CC(=O)OCC(O)Cc1ccc(-c2ccc(O)cc2)cc1. The van der Waals surface area contributed by atoms with Crippen LogP contribution in [0.2, 0.25) is 0 Å². The molecule has 114 valence electrons. The van der Waals surface area contributed by atoms with E-state index in [4.69, 9.17) is 4.74 Å². The number of carbonyl (C=O) groups excluding carboxylic acids is 1. The number of hydrogen-bond acceptors (Lipinski definition) is 4. The number of esters is 1. The average Bonchev–Trinajstić information content (AvgIpc) is 2.54. The average molecular weight is 298 g/mol. The number of hydrogen-bond donors (Lipinski definition) is 2. The summed E-state index contributed by atoms with van der Waals surface area (Å²) in [5, 5.41) is 19.1. The van der Waals surface area contributed by atoms with Gasteiger partial charge in [-0.25, -0.2) is 4.79 Å². The Labute approximate surface area is 129 Å². The zero-order chi connectivity index (χ0) is 15.9. The number of carbonyl (C=O) groups is 1. The Bertz CT molecular complexity index is 629. The number of rotatable bonds is 6. The number of ether oxygens (including phenoxy) is 1. The lowest BCUT2D eigenvalue weighted by Gasteiger charge is -2.11. The third-order valence-electron chi connectivity index (χ3n) is 3.21. The van der Waals surface area contributed by atoms with Gasteiger partial charge in [-0.2, -0.15) is 0 Å². The zero-order valence-electron chi connectivity index (χ0n) is 12.1. The molecule has 2 aromatic carbocycles. The second-order valence-corrected chi connectivity index (χ2v) is 4.94. The molecule has 1 atom stereocenters. The summed E-state index contributed by atoms with van der Waals surface area (Å²) in [6.45, 7) is 3.24. The molecule has 0 bridgehead atoms. The molecule has 0 saturated carbocycles. The number of phenols is 1. The first kappa shape index (κ1) is 15.8. The fourth-order valence-electron chi connectivity index (χ4n) is 2.06. The van der Waals surface area contributed by atoms with Crippen molar-refractivity contribution in [3.05, 3.63) is 66.7 Å². The molecule has 0 aliphatic rings. The van der Waals surface area contributed by atoms with Gasteiger partial charge in [-0.1, -0.05) is 43.0 Å². The number of phenolic OH excluding ortho intramolecular Hbond substituents is 1. The Balaban J connectivity index is 1.95. The molecule has 4 heteroatoms. The van der Waals surface area contributed by atoms with Gasteiger partial charge in [0.05, 0.1) is 6.10 Å². The Morgan fingerprint density at radius 1 is 1.09 bits per heavy atom. The quantitative estimate of drug-likeness (QED) is 0.635. The summed E-state index contributed by atoms with van der Waals surface area (Å²) in [5.41, 5.74) is 2.98. The summed E-state index contributed by atoms with van der Waals surface area (Å²) in [6.07, 6.45) is 0.725. The van der Waals surface area contributed by atoms with Crippen LogP contribution in [0.25, 0.3) is 11.1 Å². The van der Waals surface area contributed by atoms with Gasteiger partial charge in [0.25, 0.3) is 0 Å². The van der Waals surface area contributed by atoms with Gasteiger partial charge in [-0.15, -0.1) is 0 Å². The van der Waals surface area contributed by atoms with Crippen LogP contribution in [-0.4, -0.2) is 28.9 Å². The van der Waals surface area contributed by atoms with Crippen molar-refractivity contribution in [2.45, 2.75) is 12.5 Å². The maximum Gasteiger partial charge on any atom is 0.330 e. The van der Waals surface area contributed by atoms with E-state index in [0.29, 0.717) is 6.42 Å². The van der Waals surface area contributed by atoms with Crippen molar-refractivity contribution >= 4 is 5.97 Å². The van der Waals surface area contributed by atoms with Crippen LogP contribution in [0.15, 0.2) is 61.2 Å². The smallest absolute Gasteiger partial charge is 0.330 e. The van der Waals surface area contributed by atoms with Gasteiger partial charge in [-0.05, 0) is 28.8 Å². The van der Waals surface area contributed by atoms with Crippen LogP contribution in [0.1, 0.15) is 5.56 Å². The van der Waals surface area contributed by atoms with Gasteiger partial charge >= 0.3 is 5.97 Å². The summed E-state index contributed by atoms with van der Waals surface area (Å²) in [4.78, 5) is 10.9. The van der Waals surface area contributed by atoms with E-state index in [9.17, 15) is 15.0 Å². The normalized spacial score (nSPS) is 11.7. The predicted molar refractivity (Wildman–Crippen MR) is 84.4 cm³/mol. The molecular formula is C18H18O4. The summed E-state index contributed by atoms with van der Waals surface area (Å²) in [7, 11) is 0. The minimum absolute atomic E-state index is 0.0510. The second-order valence-electron chi connectivity index (χ2n) is 4.94. The van der Waals surface area contributed by atoms with E-state index >= 15 is 0 Å². The summed E-state index contributed by atoms with van der Waals surface area (Å²) in [6, 6.07) is 14.7. The highest BCUT2D eigenvalue weighted by Crippen LogP contribution is 2.22. The predicted octanol–water partition coefficient (Wildman–Crippen LogP) is 2.69. The highest BCUT2D eigenvalue weighted by molar-refractivity contribution is 5.81. The van der Waals surface area contributed by atoms with E-state index in [1.54, 1.807) is 12.1 Å². The van der Waals surface area contributed by atoms with E-state index in [1.807, 2.05) is 36.4 Å². The largest absolute Gasteiger partial charge is 0.508 e. The fourth-order valence-corrected chi connectivity index (χ4v) is 2.06. The maximum atomic E-state index is 10.9. The van der Waals surface area contributed by atoms with Crippen LogP contribution in [0, 0.1) is 0 Å². The summed E-state index contributed by atoms with van der Waals surface area (Å²) >= 11 is 0. The molecule has 2 aromatic rings. The first-order valence-electron chi connectivity index (χ1n) is 6.94. The first-order valence-corrected chi connectivity index (χ1v) is 6.94. The van der Waals surface area contributed by atoms with Crippen LogP contribution in [0.3, 0.4) is 0 Å². The van der Waals surface area contributed by atoms with E-state index in [2.05, 4.69) is 6.58 Å². The molecule has 2 rings (SSSR count). The monoisotopic (exact) mass is 298 g/mol. The van der Waals surface area contributed by atoms with Crippen molar-refractivity contribution in [1.29, 1.82) is 0 Å². The molecule has 22 heavy (non-hydrogen) atoms. The first-order chi connectivity index (χ1) is 10.6. The molecule has 4 nitrogen and oxygen atoms in total. The van der Waals surface area contributed by atoms with Crippen molar-refractivity contribution in [2.24, 2.45) is 0 Å². The summed E-state index contributed by atoms with van der Waals surface area (Å²) < 4.78 is 4.80. The molecule has 1 unspecified atom stereocenters. The molecule has 0 amide bonds. The van der Waals surface area contributed by atoms with Crippen LogP contribution in [-0.2, 0) is 16.0 Å². The minimum Gasteiger partial charge on any atom is -0.508 e. The van der Waals surface area contributed by atoms with Gasteiger partial charge in [0.2, 0.25) is 0 Å². The van der Waals surface area contributed by atoms with Crippen LogP contribution in [0.5, 0.6) is 5.75 Å². The van der Waals surface area contributed by atoms with Crippen LogP contribution in [0.4, 0.5) is 0 Å². The molecule has 0 saturated heterocycles. The lowest BCUT2D eigenvalue weighted by molar-refractivity contribution is -0.140. The van der Waals surface area contributed by atoms with Crippen LogP contribution >= 0.6 is 0 Å². The standard InChI is InChI=1S/C18H18O4/c1-2-18(21)22-12-17(20)11-13-3-5-14(6-4-13)15-7-9-16(19)10-8-15/h2-10,17,19-20H,1,11-12H2. The molecular weight excluding hydrogens is 280 g/mol. The van der Waals surface area contributed by atoms with Gasteiger partial charge in [0, 0.05) is 12.5 Å². The molecule has 0 aliphatic carbocycles. The Morgan fingerprint density at radius 2 is 1.64 bits per heavy atom. The minimum atomic E-state index is -0.747. The number of benzene rings is 2. The lowest BCUT2D eigenvalue weighted by Crippen LogP contribution is -2.20. The summed E-state index contributed by atoms with van der Waals surface area (Å²) in [5.74, 6) is -0.306. The van der Waals surface area contributed by atoms with Gasteiger partial charge in [0.15, 0.2) is 0 Å². The number of aliphatic hydroxyl groups is 1. The molecule has 0 aromatic heterocycles. The maximum absolute atomic E-state index is 10.9. The fraction of sp³-hybridized carbons (Fsp3) is 0.167. The van der Waals surface area contributed by atoms with Crippen molar-refractivity contribution in [1.82, 2.24) is 0 Å². The number of aromatic hydroxyl groups is 1. The Hall–Kier alpha value is -2.59. The topological polar surface area (TPSA) is 66.8 Å². The van der Waals surface area contributed by atoms with E-state index in [0.717, 1.165) is 22.8 Å². The van der Waals surface area contributed by atoms with Crippen molar-refractivity contribution in [3.63, 3.8) is 0 Å². The highest BCUT2D eigenvalue weighted by atomic mass is 16.5. The molecule has 2 N–H and O–H groups in total. The Kier molecular flexibility index (Phi) is 5.33. The van der Waals surface area contributed by atoms with Gasteiger partial charge in [-0.3, -0.25) is 0 Å². The third kappa shape index (κ3) is 4.46. The molecule has 0 radical (unpaired) electrons. The second kappa shape index (κ2) is 7.43. The van der Waals surface area contributed by atoms with Gasteiger partial charge < -0.3 is 14.9 Å². The van der Waals surface area contributed by atoms with Crippen molar-refractivity contribution < 1.29 is 19.7 Å². The molecule has 0 heterocycles. The van der Waals surface area contributed by atoms with Crippen molar-refractivity contribution in [3.8, 4) is 16.9 Å². The highest BCUT2D eigenvalue weighted by Gasteiger charge is 2.08. The van der Waals surface area contributed by atoms with E-state index in [1.165, 1.54) is 0 Å². The van der Waals surface area contributed by atoms with Crippen LogP contribution < -0.4 is 0 Å². The Morgan fingerprint density at radius 3 is 2.18 bits per heavy atom. The van der Waals surface area contributed by atoms with E-state index in [-0.39, 0.29) is 12.4 Å². The third-order valence-corrected chi connectivity index (χ3v) is 3.21. The molecule has 0 fully saturated rings. The molecule has 0 spiro atoms. The zero-order valence-corrected chi connectivity index (χ0v) is 12.1. The van der Waals surface area contributed by atoms with Crippen molar-refractivity contribution in [2.75, 3.05) is 6.61 Å². The lowest BCUT2D eigenvalue weighted by atomic mass is 10.0. The number of aliphatic hydroxyl groups excluding tert-OH is 1. The van der Waals surface area contributed by atoms with E-state index < -0.39 is 12.1 Å².